The van der Waals surface area contributed by atoms with Gasteiger partial charge in [0, 0.05) is 12.5 Å². The van der Waals surface area contributed by atoms with Gasteiger partial charge in [-0.05, 0) is 33.6 Å². The quantitative estimate of drug-likeness (QED) is 0.834. The van der Waals surface area contributed by atoms with Crippen molar-refractivity contribution in [2.24, 2.45) is 0 Å². The van der Waals surface area contributed by atoms with Crippen LogP contribution in [0.1, 0.15) is 44.3 Å². The van der Waals surface area contributed by atoms with Crippen molar-refractivity contribution < 1.29 is 17.9 Å². The van der Waals surface area contributed by atoms with Crippen LogP contribution in [0.25, 0.3) is 0 Å². The van der Waals surface area contributed by atoms with Crippen molar-refractivity contribution in [2.45, 2.75) is 57.9 Å². The molecule has 1 unspecified atom stereocenters. The number of rotatable bonds is 2. The van der Waals surface area contributed by atoms with Gasteiger partial charge in [0.05, 0.1) is 5.60 Å². The molecule has 1 aromatic rings. The van der Waals surface area contributed by atoms with Crippen LogP contribution in [0.3, 0.4) is 0 Å². The Morgan fingerprint density at radius 2 is 2.11 bits per heavy atom. The minimum atomic E-state index is -4.28. The Balaban J connectivity index is 2.24. The largest absolute Gasteiger partial charge is 0.408 e. The van der Waals surface area contributed by atoms with Gasteiger partial charge in [-0.3, -0.25) is 0 Å². The van der Waals surface area contributed by atoms with Crippen LogP contribution in [-0.4, -0.2) is 33.1 Å². The summed E-state index contributed by atoms with van der Waals surface area (Å²) in [5, 5.41) is 3.86. The van der Waals surface area contributed by atoms with E-state index in [0.29, 0.717) is 31.1 Å². The molecule has 1 atom stereocenters. The zero-order chi connectivity index (χ0) is 14.3. The first-order valence-electron chi connectivity index (χ1n) is 6.28. The molecular weight excluding hydrogens is 259 g/mol. The lowest BCUT2D eigenvalue weighted by Crippen LogP contribution is -2.34. The molecule has 7 heteroatoms. The van der Waals surface area contributed by atoms with E-state index in [4.69, 9.17) is 4.74 Å². The maximum atomic E-state index is 12.5. The van der Waals surface area contributed by atoms with Gasteiger partial charge in [-0.25, -0.2) is 9.67 Å². The van der Waals surface area contributed by atoms with Crippen LogP contribution in [0.5, 0.6) is 0 Å². The van der Waals surface area contributed by atoms with E-state index in [9.17, 15) is 13.2 Å². The summed E-state index contributed by atoms with van der Waals surface area (Å²) in [4.78, 5) is 4.18. The van der Waals surface area contributed by atoms with E-state index in [1.165, 1.54) is 0 Å². The molecule has 1 fully saturated rings. The van der Waals surface area contributed by atoms with Gasteiger partial charge in [-0.1, -0.05) is 0 Å². The molecule has 0 aliphatic carbocycles. The zero-order valence-electron chi connectivity index (χ0n) is 11.3. The minimum absolute atomic E-state index is 0.0349. The van der Waals surface area contributed by atoms with Crippen LogP contribution in [0.2, 0.25) is 0 Å². The van der Waals surface area contributed by atoms with Crippen molar-refractivity contribution in [3.63, 3.8) is 0 Å². The number of halogens is 3. The van der Waals surface area contributed by atoms with E-state index in [2.05, 4.69) is 10.1 Å². The fraction of sp³-hybridized carbons (Fsp3) is 0.833. The number of hydrogen-bond acceptors (Lipinski definition) is 3. The molecule has 0 N–H and O–H groups in total. The Bertz CT molecular complexity index is 454. The Kier molecular flexibility index (Phi) is 3.59. The van der Waals surface area contributed by atoms with Crippen molar-refractivity contribution in [1.82, 2.24) is 14.8 Å². The summed E-state index contributed by atoms with van der Waals surface area (Å²) in [6.45, 7) is 4.95. The second kappa shape index (κ2) is 4.77. The molecule has 19 heavy (non-hydrogen) atoms. The van der Waals surface area contributed by atoms with E-state index < -0.39 is 12.7 Å². The zero-order valence-corrected chi connectivity index (χ0v) is 11.3. The van der Waals surface area contributed by atoms with E-state index >= 15 is 0 Å². The third-order valence-corrected chi connectivity index (χ3v) is 3.20. The highest BCUT2D eigenvalue weighted by atomic mass is 19.4. The highest BCUT2D eigenvalue weighted by molar-refractivity contribution is 5.03. The first-order valence-corrected chi connectivity index (χ1v) is 6.28. The maximum absolute atomic E-state index is 12.5. The Labute approximate surface area is 110 Å². The molecule has 1 aliphatic rings. The van der Waals surface area contributed by atoms with E-state index in [1.54, 1.807) is 6.92 Å². The van der Waals surface area contributed by atoms with Crippen LogP contribution in [-0.2, 0) is 11.3 Å². The van der Waals surface area contributed by atoms with Crippen LogP contribution in [0.4, 0.5) is 13.2 Å². The fourth-order valence-corrected chi connectivity index (χ4v) is 2.51. The van der Waals surface area contributed by atoms with Crippen LogP contribution >= 0.6 is 0 Å². The van der Waals surface area contributed by atoms with E-state index in [1.807, 2.05) is 13.8 Å². The molecule has 0 bridgehead atoms. The molecule has 0 aromatic carbocycles. The standard InChI is InChI=1S/C12H18F3N3O/c1-8-16-10(18(17-8)7-12(13,14)15)9-4-5-19-11(2,3)6-9/h9H,4-7H2,1-3H3. The van der Waals surface area contributed by atoms with Crippen molar-refractivity contribution in [3.05, 3.63) is 11.6 Å². The number of alkyl halides is 3. The summed E-state index contributed by atoms with van der Waals surface area (Å²) in [6.07, 6.45) is -2.95. The van der Waals surface area contributed by atoms with Gasteiger partial charge in [-0.15, -0.1) is 0 Å². The molecule has 108 valence electrons. The summed E-state index contributed by atoms with van der Waals surface area (Å²) in [7, 11) is 0. The summed E-state index contributed by atoms with van der Waals surface area (Å²) in [5.74, 6) is 0.766. The Hall–Kier alpha value is -1.11. The molecule has 1 aromatic heterocycles. The monoisotopic (exact) mass is 277 g/mol. The third kappa shape index (κ3) is 3.68. The van der Waals surface area contributed by atoms with Crippen molar-refractivity contribution >= 4 is 0 Å². The summed E-state index contributed by atoms with van der Waals surface area (Å²) in [5.41, 5.74) is -0.328. The molecule has 0 radical (unpaired) electrons. The van der Waals surface area contributed by atoms with Gasteiger partial charge >= 0.3 is 6.18 Å². The molecule has 1 aliphatic heterocycles. The normalized spacial score (nSPS) is 23.6. The lowest BCUT2D eigenvalue weighted by Gasteiger charge is -2.35. The predicted octanol–water partition coefficient (Wildman–Crippen LogP) is 2.82. The molecular formula is C12H18F3N3O. The van der Waals surface area contributed by atoms with Crippen LogP contribution in [0.15, 0.2) is 0 Å². The highest BCUT2D eigenvalue weighted by Gasteiger charge is 2.35. The Morgan fingerprint density at radius 1 is 1.42 bits per heavy atom. The summed E-state index contributed by atoms with van der Waals surface area (Å²) < 4.78 is 44.2. The molecule has 0 saturated carbocycles. The fourth-order valence-electron chi connectivity index (χ4n) is 2.51. The SMILES string of the molecule is Cc1nc(C2CCOC(C)(C)C2)n(CC(F)(F)F)n1. The molecule has 2 heterocycles. The van der Waals surface area contributed by atoms with Crippen LogP contribution in [0, 0.1) is 6.92 Å². The lowest BCUT2D eigenvalue weighted by atomic mass is 9.88. The van der Waals surface area contributed by atoms with Crippen molar-refractivity contribution in [1.29, 1.82) is 0 Å². The average molecular weight is 277 g/mol. The van der Waals surface area contributed by atoms with Gasteiger partial charge < -0.3 is 4.74 Å². The summed E-state index contributed by atoms with van der Waals surface area (Å²) in [6, 6.07) is 0. The van der Waals surface area contributed by atoms with Gasteiger partial charge in [0.25, 0.3) is 0 Å². The number of nitrogens with zero attached hydrogens (tertiary/aromatic N) is 3. The average Bonchev–Trinajstić information content (AvgIpc) is 2.55. The third-order valence-electron chi connectivity index (χ3n) is 3.20. The predicted molar refractivity (Wildman–Crippen MR) is 62.8 cm³/mol. The van der Waals surface area contributed by atoms with Crippen molar-refractivity contribution in [2.75, 3.05) is 6.61 Å². The summed E-state index contributed by atoms with van der Waals surface area (Å²) >= 11 is 0. The van der Waals surface area contributed by atoms with Crippen LogP contribution < -0.4 is 0 Å². The number of hydrogen-bond donors (Lipinski definition) is 0. The molecule has 4 nitrogen and oxygen atoms in total. The van der Waals surface area contributed by atoms with E-state index in [-0.39, 0.29) is 11.5 Å². The first kappa shape index (κ1) is 14.3. The van der Waals surface area contributed by atoms with Gasteiger partial charge in [-0.2, -0.15) is 18.3 Å². The lowest BCUT2D eigenvalue weighted by molar-refractivity contribution is -0.143. The second-order valence-corrected chi connectivity index (χ2v) is 5.59. The molecule has 0 spiro atoms. The van der Waals surface area contributed by atoms with Crippen molar-refractivity contribution in [3.8, 4) is 0 Å². The minimum Gasteiger partial charge on any atom is -0.376 e. The topological polar surface area (TPSA) is 39.9 Å². The Morgan fingerprint density at radius 3 is 2.68 bits per heavy atom. The molecule has 1 saturated heterocycles. The molecule has 0 amide bonds. The van der Waals surface area contributed by atoms with Gasteiger partial charge in [0.2, 0.25) is 0 Å². The number of ether oxygens (including phenoxy) is 1. The van der Waals surface area contributed by atoms with E-state index in [0.717, 1.165) is 4.68 Å². The number of aromatic nitrogens is 3. The second-order valence-electron chi connectivity index (χ2n) is 5.59. The first-order chi connectivity index (χ1) is 8.66. The van der Waals surface area contributed by atoms with Gasteiger partial charge in [0.1, 0.15) is 18.2 Å². The smallest absolute Gasteiger partial charge is 0.376 e. The maximum Gasteiger partial charge on any atom is 0.408 e. The highest BCUT2D eigenvalue weighted by Crippen LogP contribution is 2.35. The van der Waals surface area contributed by atoms with Gasteiger partial charge in [0.15, 0.2) is 0 Å². The molecule has 2 rings (SSSR count). The number of aryl methyl sites for hydroxylation is 1.